The van der Waals surface area contributed by atoms with E-state index in [9.17, 15) is 4.79 Å². The second-order valence-electron chi connectivity index (χ2n) is 5.48. The van der Waals surface area contributed by atoms with E-state index in [1.165, 1.54) is 0 Å². The number of aliphatic hydroxyl groups excluding tert-OH is 1. The molecule has 0 bridgehead atoms. The number of carbonyl (C=O) groups is 1. The Bertz CT molecular complexity index is 209. The standard InChI is InChI=1S/C12H25NO3/c1-9(2)8-10(6-7-14)13-11(15)16-12(3,4)5/h9-10,14H,6-8H2,1-5H3,(H,13,15)/t10-/m0/s1. The average molecular weight is 231 g/mol. The fourth-order valence-corrected chi connectivity index (χ4v) is 1.45. The topological polar surface area (TPSA) is 58.6 Å². The molecular weight excluding hydrogens is 206 g/mol. The van der Waals surface area contributed by atoms with Crippen molar-refractivity contribution >= 4 is 6.09 Å². The van der Waals surface area contributed by atoms with Crippen molar-refractivity contribution in [3.8, 4) is 0 Å². The third-order valence-electron chi connectivity index (χ3n) is 1.95. The SMILES string of the molecule is CC(C)C[C@H](CCO)NC(=O)OC(C)(C)C. The molecule has 0 radical (unpaired) electrons. The van der Waals surface area contributed by atoms with Gasteiger partial charge in [0.1, 0.15) is 5.60 Å². The number of alkyl carbamates (subject to hydrolysis) is 1. The molecule has 0 aliphatic heterocycles. The van der Waals surface area contributed by atoms with Gasteiger partial charge in [-0.3, -0.25) is 0 Å². The lowest BCUT2D eigenvalue weighted by atomic mass is 10.0. The second kappa shape index (κ2) is 6.74. The number of hydrogen-bond donors (Lipinski definition) is 2. The summed E-state index contributed by atoms with van der Waals surface area (Å²) < 4.78 is 5.16. The van der Waals surface area contributed by atoms with E-state index in [1.54, 1.807) is 0 Å². The molecule has 0 aromatic carbocycles. The maximum absolute atomic E-state index is 11.5. The molecule has 1 amide bonds. The lowest BCUT2D eigenvalue weighted by Crippen LogP contribution is -2.40. The molecule has 0 spiro atoms. The van der Waals surface area contributed by atoms with Gasteiger partial charge in [-0.15, -0.1) is 0 Å². The molecule has 0 aliphatic carbocycles. The van der Waals surface area contributed by atoms with Crippen molar-refractivity contribution in [2.24, 2.45) is 5.92 Å². The highest BCUT2D eigenvalue weighted by atomic mass is 16.6. The van der Waals surface area contributed by atoms with Gasteiger partial charge in [0.2, 0.25) is 0 Å². The van der Waals surface area contributed by atoms with Crippen molar-refractivity contribution in [3.63, 3.8) is 0 Å². The predicted octanol–water partition coefficient (Wildman–Crippen LogP) is 2.31. The molecule has 0 saturated heterocycles. The molecule has 0 rings (SSSR count). The number of carbonyl (C=O) groups excluding carboxylic acids is 1. The first-order valence-corrected chi connectivity index (χ1v) is 5.85. The van der Waals surface area contributed by atoms with Crippen molar-refractivity contribution in [2.45, 2.75) is 59.1 Å². The number of hydrogen-bond acceptors (Lipinski definition) is 3. The van der Waals surface area contributed by atoms with Gasteiger partial charge in [-0.25, -0.2) is 4.79 Å². The van der Waals surface area contributed by atoms with E-state index < -0.39 is 11.7 Å². The van der Waals surface area contributed by atoms with Gasteiger partial charge in [-0.1, -0.05) is 13.8 Å². The Morgan fingerprint density at radius 3 is 2.31 bits per heavy atom. The van der Waals surface area contributed by atoms with E-state index >= 15 is 0 Å². The molecule has 4 nitrogen and oxygen atoms in total. The molecule has 0 heterocycles. The van der Waals surface area contributed by atoms with E-state index in [4.69, 9.17) is 9.84 Å². The first kappa shape index (κ1) is 15.2. The first-order valence-electron chi connectivity index (χ1n) is 5.85. The Morgan fingerprint density at radius 1 is 1.38 bits per heavy atom. The van der Waals surface area contributed by atoms with Crippen LogP contribution in [0.3, 0.4) is 0 Å². The molecule has 0 aromatic rings. The van der Waals surface area contributed by atoms with Gasteiger partial charge >= 0.3 is 6.09 Å². The van der Waals surface area contributed by atoms with Crippen LogP contribution in [-0.2, 0) is 4.74 Å². The summed E-state index contributed by atoms with van der Waals surface area (Å²) in [5.41, 5.74) is -0.480. The van der Waals surface area contributed by atoms with Crippen LogP contribution in [-0.4, -0.2) is 29.4 Å². The summed E-state index contributed by atoms with van der Waals surface area (Å²) in [5.74, 6) is 0.478. The van der Waals surface area contributed by atoms with Crippen LogP contribution in [0, 0.1) is 5.92 Å². The minimum Gasteiger partial charge on any atom is -0.444 e. The molecule has 0 saturated carbocycles. The van der Waals surface area contributed by atoms with Crippen molar-refractivity contribution in [2.75, 3.05) is 6.61 Å². The fourth-order valence-electron chi connectivity index (χ4n) is 1.45. The smallest absolute Gasteiger partial charge is 0.407 e. The lowest BCUT2D eigenvalue weighted by Gasteiger charge is -2.24. The van der Waals surface area contributed by atoms with Crippen LogP contribution in [0.15, 0.2) is 0 Å². The quantitative estimate of drug-likeness (QED) is 0.763. The van der Waals surface area contributed by atoms with Crippen molar-refractivity contribution in [1.29, 1.82) is 0 Å². The molecule has 0 aromatic heterocycles. The van der Waals surface area contributed by atoms with Gasteiger partial charge in [0.15, 0.2) is 0 Å². The summed E-state index contributed by atoms with van der Waals surface area (Å²) in [5, 5.41) is 11.7. The highest BCUT2D eigenvalue weighted by Gasteiger charge is 2.19. The molecule has 16 heavy (non-hydrogen) atoms. The van der Waals surface area contributed by atoms with Gasteiger partial charge in [-0.2, -0.15) is 0 Å². The summed E-state index contributed by atoms with van der Waals surface area (Å²) in [7, 11) is 0. The minimum atomic E-state index is -0.480. The van der Waals surface area contributed by atoms with Crippen molar-refractivity contribution < 1.29 is 14.6 Å². The second-order valence-corrected chi connectivity index (χ2v) is 5.48. The Hall–Kier alpha value is -0.770. The molecular formula is C12H25NO3. The van der Waals surface area contributed by atoms with Crippen molar-refractivity contribution in [1.82, 2.24) is 5.32 Å². The first-order chi connectivity index (χ1) is 7.24. The molecule has 0 aliphatic rings. The third-order valence-corrected chi connectivity index (χ3v) is 1.95. The highest BCUT2D eigenvalue weighted by Crippen LogP contribution is 2.10. The predicted molar refractivity (Wildman–Crippen MR) is 64.3 cm³/mol. The number of ether oxygens (including phenoxy) is 1. The van der Waals surface area contributed by atoms with Crippen LogP contribution in [0.5, 0.6) is 0 Å². The Kier molecular flexibility index (Phi) is 6.41. The Balaban J connectivity index is 4.12. The summed E-state index contributed by atoms with van der Waals surface area (Å²) >= 11 is 0. The molecule has 0 unspecified atom stereocenters. The van der Waals surface area contributed by atoms with E-state index in [1.807, 2.05) is 20.8 Å². The normalized spacial score (nSPS) is 13.7. The van der Waals surface area contributed by atoms with E-state index in [0.717, 1.165) is 6.42 Å². The lowest BCUT2D eigenvalue weighted by molar-refractivity contribution is 0.0491. The van der Waals surface area contributed by atoms with Crippen LogP contribution in [0.25, 0.3) is 0 Å². The van der Waals surface area contributed by atoms with Gasteiger partial charge < -0.3 is 15.2 Å². The molecule has 96 valence electrons. The van der Waals surface area contributed by atoms with Crippen LogP contribution in [0.1, 0.15) is 47.5 Å². The largest absolute Gasteiger partial charge is 0.444 e. The van der Waals surface area contributed by atoms with Gasteiger partial charge in [0.05, 0.1) is 0 Å². The number of aliphatic hydroxyl groups is 1. The number of amides is 1. The van der Waals surface area contributed by atoms with Gasteiger partial charge in [0.25, 0.3) is 0 Å². The average Bonchev–Trinajstić information content (AvgIpc) is 1.98. The zero-order valence-electron chi connectivity index (χ0n) is 11.0. The van der Waals surface area contributed by atoms with Crippen LogP contribution in [0.4, 0.5) is 4.79 Å². The summed E-state index contributed by atoms with van der Waals surface area (Å²) in [6.45, 7) is 9.73. The zero-order chi connectivity index (χ0) is 12.8. The van der Waals surface area contributed by atoms with Gasteiger partial charge in [0, 0.05) is 12.6 Å². The van der Waals surface area contributed by atoms with Crippen LogP contribution in [0.2, 0.25) is 0 Å². The molecule has 2 N–H and O–H groups in total. The fraction of sp³-hybridized carbons (Fsp3) is 0.917. The minimum absolute atomic E-state index is 0.0140. The van der Waals surface area contributed by atoms with Crippen LogP contribution < -0.4 is 5.32 Å². The van der Waals surface area contributed by atoms with E-state index in [0.29, 0.717) is 12.3 Å². The van der Waals surface area contributed by atoms with Crippen molar-refractivity contribution in [3.05, 3.63) is 0 Å². The zero-order valence-corrected chi connectivity index (χ0v) is 11.0. The maximum atomic E-state index is 11.5. The molecule has 0 fully saturated rings. The summed E-state index contributed by atoms with van der Waals surface area (Å²) in [6.07, 6.45) is 1.00. The summed E-state index contributed by atoms with van der Waals surface area (Å²) in [4.78, 5) is 11.5. The van der Waals surface area contributed by atoms with E-state index in [2.05, 4.69) is 19.2 Å². The van der Waals surface area contributed by atoms with E-state index in [-0.39, 0.29) is 12.6 Å². The van der Waals surface area contributed by atoms with Crippen LogP contribution >= 0.6 is 0 Å². The third kappa shape index (κ3) is 8.53. The Labute approximate surface area is 98.4 Å². The number of rotatable bonds is 5. The highest BCUT2D eigenvalue weighted by molar-refractivity contribution is 5.68. The monoisotopic (exact) mass is 231 g/mol. The number of nitrogens with one attached hydrogen (secondary N) is 1. The van der Waals surface area contributed by atoms with Gasteiger partial charge in [-0.05, 0) is 39.5 Å². The Morgan fingerprint density at radius 2 is 1.94 bits per heavy atom. The molecule has 4 heteroatoms. The molecule has 1 atom stereocenters. The summed E-state index contributed by atoms with van der Waals surface area (Å²) in [6, 6.07) is -0.0140. The maximum Gasteiger partial charge on any atom is 0.407 e.